The molecule has 0 aliphatic carbocycles. The molecule has 0 fully saturated rings. The second kappa shape index (κ2) is 41.3. The fourth-order valence-corrected chi connectivity index (χ4v) is 5.85. The Hall–Kier alpha value is -3.41. The molecule has 0 aliphatic heterocycles. The molecule has 4 atom stereocenters. The highest BCUT2D eigenvalue weighted by Crippen LogP contribution is 2.43. The summed E-state index contributed by atoms with van der Waals surface area (Å²) in [5.74, 6) is -1.05. The number of unbranched alkanes of at least 4 members (excludes halogenated alkanes) is 8. The van der Waals surface area contributed by atoms with Gasteiger partial charge in [0, 0.05) is 19.4 Å². The largest absolute Gasteiger partial charge is 0.472 e. The first-order valence-corrected chi connectivity index (χ1v) is 23.1. The molecule has 0 rings (SSSR count). The van der Waals surface area contributed by atoms with Crippen molar-refractivity contribution in [3.63, 3.8) is 0 Å². The van der Waals surface area contributed by atoms with E-state index in [2.05, 4.69) is 50.3 Å². The third-order valence-electron chi connectivity index (χ3n) is 8.32. The quantitative estimate of drug-likeness (QED) is 0.0153. The van der Waals surface area contributed by atoms with Gasteiger partial charge in [0.2, 0.25) is 0 Å². The molecule has 0 heterocycles. The van der Waals surface area contributed by atoms with Gasteiger partial charge in [-0.25, -0.2) is 4.57 Å². The van der Waals surface area contributed by atoms with E-state index in [0.29, 0.717) is 32.1 Å². The third kappa shape index (κ3) is 41.1. The molecule has 0 spiro atoms. The first kappa shape index (κ1) is 55.6. The maximum atomic E-state index is 12.6. The van der Waals surface area contributed by atoms with E-state index in [4.69, 9.17) is 24.3 Å². The molecule has 0 saturated heterocycles. The number of rotatable bonds is 38. The van der Waals surface area contributed by atoms with Crippen LogP contribution in [0.1, 0.15) is 129 Å². The summed E-state index contributed by atoms with van der Waals surface area (Å²) in [7, 11) is -4.44. The number of allylic oxidation sites excluding steroid dienone is 14. The second-order valence-electron chi connectivity index (χ2n) is 13.9. The highest BCUT2D eigenvalue weighted by atomic mass is 31.2. The lowest BCUT2D eigenvalue weighted by Gasteiger charge is -2.19. The fourth-order valence-electron chi connectivity index (χ4n) is 5.08. The van der Waals surface area contributed by atoms with E-state index < -0.39 is 44.7 Å². The summed E-state index contributed by atoms with van der Waals surface area (Å²) < 4.78 is 32.6. The van der Waals surface area contributed by atoms with E-state index in [1.807, 2.05) is 42.5 Å². The minimum atomic E-state index is -4.44. The molecule has 0 aromatic carbocycles. The Bertz CT molecular complexity index is 1360. The number of esters is 2. The van der Waals surface area contributed by atoms with Crippen LogP contribution >= 0.6 is 7.82 Å². The first-order chi connectivity index (χ1) is 28.6. The van der Waals surface area contributed by atoms with Gasteiger partial charge in [-0.15, -0.1) is 0 Å². The average Bonchev–Trinajstić information content (AvgIpc) is 3.21. The number of nitrogens with two attached hydrogens (primary N) is 1. The van der Waals surface area contributed by atoms with E-state index in [1.54, 1.807) is 30.4 Å². The lowest BCUT2D eigenvalue weighted by molar-refractivity contribution is -0.161. The Morgan fingerprint density at radius 2 is 1.24 bits per heavy atom. The number of phosphoric acid groups is 1. The van der Waals surface area contributed by atoms with Crippen molar-refractivity contribution in [2.45, 2.75) is 148 Å². The Morgan fingerprint density at radius 1 is 0.627 bits per heavy atom. The summed E-state index contributed by atoms with van der Waals surface area (Å²) >= 11 is 0. The van der Waals surface area contributed by atoms with Gasteiger partial charge in [0.05, 0.1) is 25.4 Å². The zero-order valence-electron chi connectivity index (χ0n) is 35.9. The van der Waals surface area contributed by atoms with Crippen LogP contribution in [0.25, 0.3) is 0 Å². The molecule has 0 bridgehead atoms. The van der Waals surface area contributed by atoms with Crippen LogP contribution < -0.4 is 5.73 Å². The summed E-state index contributed by atoms with van der Waals surface area (Å²) in [5, 5.41) is 20.0. The summed E-state index contributed by atoms with van der Waals surface area (Å²) in [4.78, 5) is 34.9. The molecule has 0 aromatic rings. The van der Waals surface area contributed by atoms with Crippen molar-refractivity contribution in [2.75, 3.05) is 26.4 Å². The van der Waals surface area contributed by atoms with Gasteiger partial charge in [0.15, 0.2) is 6.10 Å². The lowest BCUT2D eigenvalue weighted by Crippen LogP contribution is -2.29. The molecule has 0 radical (unpaired) electrons. The van der Waals surface area contributed by atoms with Crippen LogP contribution in [0.15, 0.2) is 109 Å². The van der Waals surface area contributed by atoms with E-state index in [9.17, 15) is 29.3 Å². The molecule has 0 amide bonds. The van der Waals surface area contributed by atoms with Crippen molar-refractivity contribution in [3.05, 3.63) is 109 Å². The molecular formula is C47H76NO10P. The predicted molar refractivity (Wildman–Crippen MR) is 240 cm³/mol. The monoisotopic (exact) mass is 846 g/mol. The number of carbonyl (C=O) groups excluding carboxylic acids is 2. The van der Waals surface area contributed by atoms with Crippen LogP contribution in [-0.2, 0) is 32.7 Å². The van der Waals surface area contributed by atoms with Gasteiger partial charge >= 0.3 is 19.8 Å². The van der Waals surface area contributed by atoms with Gasteiger partial charge in [-0.3, -0.25) is 18.6 Å². The van der Waals surface area contributed by atoms with Gasteiger partial charge in [-0.2, -0.15) is 0 Å². The van der Waals surface area contributed by atoms with E-state index in [-0.39, 0.29) is 32.6 Å². The number of hydrogen-bond acceptors (Lipinski definition) is 10. The number of aliphatic hydroxyl groups is 2. The van der Waals surface area contributed by atoms with Crippen LogP contribution in [0, 0.1) is 0 Å². The minimum absolute atomic E-state index is 0.0136. The highest BCUT2D eigenvalue weighted by Gasteiger charge is 2.26. The lowest BCUT2D eigenvalue weighted by atomic mass is 10.1. The van der Waals surface area contributed by atoms with Gasteiger partial charge in [0.25, 0.3) is 0 Å². The summed E-state index contributed by atoms with van der Waals surface area (Å²) in [6.45, 7) is 3.23. The van der Waals surface area contributed by atoms with Gasteiger partial charge in [0.1, 0.15) is 6.61 Å². The minimum Gasteiger partial charge on any atom is -0.462 e. The topological polar surface area (TPSA) is 175 Å². The maximum absolute atomic E-state index is 12.6. The van der Waals surface area contributed by atoms with Crippen LogP contribution in [0.4, 0.5) is 0 Å². The van der Waals surface area contributed by atoms with Crippen molar-refractivity contribution in [3.8, 4) is 0 Å². The molecule has 0 aliphatic rings. The molecule has 0 aromatic heterocycles. The maximum Gasteiger partial charge on any atom is 0.472 e. The zero-order chi connectivity index (χ0) is 43.5. The number of ether oxygens (including phenoxy) is 2. The SMILES string of the molecule is CC/C=C\C[C@@H](O)/C=C/C=C\C/C=C\C=C\[C@@H](O)/C=C\CCCC(=O)OC[C@H](COP(=O)(O)OCCN)OC(=O)CCCCCC/C=C\C/C=C\C/C=C\CCCCC. The smallest absolute Gasteiger partial charge is 0.462 e. The van der Waals surface area contributed by atoms with Crippen molar-refractivity contribution in [1.82, 2.24) is 0 Å². The summed E-state index contributed by atoms with van der Waals surface area (Å²) in [5.41, 5.74) is 5.33. The van der Waals surface area contributed by atoms with Crippen LogP contribution in [-0.4, -0.2) is 71.7 Å². The normalized spacial score (nSPS) is 15.4. The van der Waals surface area contributed by atoms with E-state index in [0.717, 1.165) is 51.4 Å². The molecule has 12 heteroatoms. The Morgan fingerprint density at radius 3 is 1.92 bits per heavy atom. The number of carbonyl (C=O) groups is 2. The van der Waals surface area contributed by atoms with Crippen LogP contribution in [0.3, 0.4) is 0 Å². The van der Waals surface area contributed by atoms with E-state index >= 15 is 0 Å². The molecule has 0 saturated carbocycles. The molecule has 11 nitrogen and oxygen atoms in total. The van der Waals surface area contributed by atoms with Crippen molar-refractivity contribution >= 4 is 19.8 Å². The summed E-state index contributed by atoms with van der Waals surface area (Å²) in [6, 6.07) is 0. The molecule has 59 heavy (non-hydrogen) atoms. The molecular weight excluding hydrogens is 769 g/mol. The predicted octanol–water partition coefficient (Wildman–Crippen LogP) is 10.3. The second-order valence-corrected chi connectivity index (χ2v) is 15.3. The Balaban J connectivity index is 4.48. The fraction of sp³-hybridized carbons (Fsp3) is 0.574. The van der Waals surface area contributed by atoms with Crippen LogP contribution in [0.5, 0.6) is 0 Å². The van der Waals surface area contributed by atoms with Crippen LogP contribution in [0.2, 0.25) is 0 Å². The Labute approximate surface area is 355 Å². The average molecular weight is 846 g/mol. The van der Waals surface area contributed by atoms with Crippen molar-refractivity contribution in [2.24, 2.45) is 5.73 Å². The standard InChI is InChI=1S/C47H76NO10P/c1-3-5-7-8-9-10-11-12-13-14-15-16-17-18-22-25-31-38-47(52)58-45(42-57-59(53,54)56-40-39-48)41-55-46(51)37-32-26-30-36-44(50)35-29-24-21-19-20-23-28-34-43(49)33-27-6-4-2/h6,9-10,12-13,15-16,20-21,23-24,27-30,34-36,43-45,49-50H,3-5,7-8,11,14,17-19,22,25-26,31-33,37-42,48H2,1-2H3,(H,53,54)/b10-9-,13-12-,16-15-,23-20-,24-21-,27-6-,34-28+,35-29+,36-30-/t43-,44-,45-/m1/s1. The number of phosphoric ester groups is 1. The number of hydrogen-bond donors (Lipinski definition) is 4. The molecule has 1 unspecified atom stereocenters. The Kier molecular flexibility index (Phi) is 38.9. The van der Waals surface area contributed by atoms with Crippen molar-refractivity contribution < 1.29 is 47.8 Å². The van der Waals surface area contributed by atoms with Crippen molar-refractivity contribution in [1.29, 1.82) is 0 Å². The van der Waals surface area contributed by atoms with Gasteiger partial charge in [-0.05, 0) is 77.0 Å². The molecule has 334 valence electrons. The number of aliphatic hydroxyl groups excluding tert-OH is 2. The molecule has 5 N–H and O–H groups in total. The van der Waals surface area contributed by atoms with Gasteiger partial charge in [-0.1, -0.05) is 149 Å². The third-order valence-corrected chi connectivity index (χ3v) is 9.30. The highest BCUT2D eigenvalue weighted by molar-refractivity contribution is 7.47. The van der Waals surface area contributed by atoms with Gasteiger partial charge < -0.3 is 30.3 Å². The first-order valence-electron chi connectivity index (χ1n) is 21.6. The zero-order valence-corrected chi connectivity index (χ0v) is 36.8. The van der Waals surface area contributed by atoms with E-state index in [1.165, 1.54) is 19.3 Å². The summed E-state index contributed by atoms with van der Waals surface area (Å²) in [6.07, 6.45) is 47.6.